The molecule has 4 aliphatic rings. The largest absolute Gasteiger partial charge is 0.393 e. The molecule has 0 aliphatic heterocycles. The zero-order valence-electron chi connectivity index (χ0n) is 12.4. The fraction of sp³-hybridized carbons (Fsp3) is 0.778. The van der Waals surface area contributed by atoms with Gasteiger partial charge in [-0.05, 0) is 73.7 Å². The van der Waals surface area contributed by atoms with Crippen LogP contribution in [-0.4, -0.2) is 22.4 Å². The van der Waals surface area contributed by atoms with Gasteiger partial charge in [0.15, 0.2) is 0 Å². The quantitative estimate of drug-likeness (QED) is 0.712. The number of allylic oxidation sites excluding steroid dienone is 2. The summed E-state index contributed by atoms with van der Waals surface area (Å²) in [4.78, 5) is 0. The minimum Gasteiger partial charge on any atom is -0.393 e. The number of rotatable bonds is 0. The Morgan fingerprint density at radius 1 is 1.15 bits per heavy atom. The standard InChI is InChI=1S/C18H26O2/c1-18-9-8-14-13-5-3-12(19)10-11(13)2-4-15(14)16(18)6-7-17(18)20/h3,5,12,14-17,19-20H,2,4,6-10H2,1H3/t12?,14?,15?,16?,17-,18?/m0/s1. The van der Waals surface area contributed by atoms with Crippen LogP contribution in [-0.2, 0) is 0 Å². The molecule has 2 N–H and O–H groups in total. The number of aliphatic hydroxyl groups is 2. The van der Waals surface area contributed by atoms with E-state index in [1.165, 1.54) is 37.7 Å². The van der Waals surface area contributed by atoms with E-state index in [2.05, 4.69) is 13.0 Å². The maximum Gasteiger partial charge on any atom is 0.0761 e. The lowest BCUT2D eigenvalue weighted by Crippen LogP contribution is -2.45. The molecule has 0 aromatic rings. The van der Waals surface area contributed by atoms with Crippen molar-refractivity contribution in [3.8, 4) is 0 Å². The van der Waals surface area contributed by atoms with Gasteiger partial charge in [0.25, 0.3) is 0 Å². The van der Waals surface area contributed by atoms with Crippen molar-refractivity contribution < 1.29 is 10.2 Å². The van der Waals surface area contributed by atoms with Crippen molar-refractivity contribution in [2.24, 2.45) is 23.2 Å². The highest BCUT2D eigenvalue weighted by Gasteiger charge is 2.54. The van der Waals surface area contributed by atoms with Crippen molar-refractivity contribution >= 4 is 0 Å². The average Bonchev–Trinajstić information content (AvgIpc) is 2.74. The summed E-state index contributed by atoms with van der Waals surface area (Å²) in [6.45, 7) is 2.33. The van der Waals surface area contributed by atoms with Crippen LogP contribution in [0.25, 0.3) is 0 Å². The van der Waals surface area contributed by atoms with Gasteiger partial charge >= 0.3 is 0 Å². The van der Waals surface area contributed by atoms with Crippen LogP contribution in [0.15, 0.2) is 23.3 Å². The first-order valence-corrected chi connectivity index (χ1v) is 8.36. The van der Waals surface area contributed by atoms with Gasteiger partial charge in [-0.15, -0.1) is 0 Å². The molecule has 0 saturated heterocycles. The van der Waals surface area contributed by atoms with Crippen molar-refractivity contribution in [1.29, 1.82) is 0 Å². The lowest BCUT2D eigenvalue weighted by molar-refractivity contribution is -0.0303. The SMILES string of the molecule is CC12CCC3C4=C(CCC3C1CC[C@@H]2O)CC(O)C=C4. The highest BCUT2D eigenvalue weighted by molar-refractivity contribution is 5.37. The summed E-state index contributed by atoms with van der Waals surface area (Å²) in [6, 6.07) is 0. The van der Waals surface area contributed by atoms with Crippen LogP contribution in [0.5, 0.6) is 0 Å². The minimum absolute atomic E-state index is 0.0763. The number of hydrogen-bond donors (Lipinski definition) is 2. The van der Waals surface area contributed by atoms with Gasteiger partial charge in [0.1, 0.15) is 0 Å². The Kier molecular flexibility index (Phi) is 2.91. The maximum absolute atomic E-state index is 10.4. The molecule has 2 fully saturated rings. The normalized spacial score (nSPS) is 50.6. The molecule has 4 rings (SSSR count). The van der Waals surface area contributed by atoms with Gasteiger partial charge in [-0.25, -0.2) is 0 Å². The van der Waals surface area contributed by atoms with Gasteiger partial charge in [-0.3, -0.25) is 0 Å². The third-order valence-electron chi connectivity index (χ3n) is 6.93. The first-order valence-electron chi connectivity index (χ1n) is 8.36. The third kappa shape index (κ3) is 1.70. The minimum atomic E-state index is -0.257. The highest BCUT2D eigenvalue weighted by Crippen LogP contribution is 2.60. The Balaban J connectivity index is 1.66. The van der Waals surface area contributed by atoms with E-state index >= 15 is 0 Å². The van der Waals surface area contributed by atoms with Gasteiger partial charge < -0.3 is 10.2 Å². The molecule has 20 heavy (non-hydrogen) atoms. The molecule has 4 aliphatic carbocycles. The molecule has 0 heterocycles. The van der Waals surface area contributed by atoms with Crippen LogP contribution in [0, 0.1) is 23.2 Å². The zero-order valence-corrected chi connectivity index (χ0v) is 12.4. The Hall–Kier alpha value is -0.600. The Morgan fingerprint density at radius 2 is 2.00 bits per heavy atom. The Morgan fingerprint density at radius 3 is 2.85 bits per heavy atom. The summed E-state index contributed by atoms with van der Waals surface area (Å²) in [6.07, 6.45) is 11.8. The van der Waals surface area contributed by atoms with Gasteiger partial charge in [0.2, 0.25) is 0 Å². The van der Waals surface area contributed by atoms with E-state index in [1.807, 2.05) is 6.08 Å². The van der Waals surface area contributed by atoms with E-state index in [-0.39, 0.29) is 17.6 Å². The molecule has 0 spiro atoms. The second-order valence-corrected chi connectivity index (χ2v) is 7.74. The average molecular weight is 274 g/mol. The molecular formula is C18H26O2. The summed E-state index contributed by atoms with van der Waals surface area (Å²) >= 11 is 0. The van der Waals surface area contributed by atoms with Crippen molar-refractivity contribution in [2.45, 2.75) is 64.1 Å². The molecule has 5 unspecified atom stereocenters. The van der Waals surface area contributed by atoms with Gasteiger partial charge in [-0.2, -0.15) is 0 Å². The van der Waals surface area contributed by atoms with Crippen molar-refractivity contribution in [3.05, 3.63) is 23.3 Å². The topological polar surface area (TPSA) is 40.5 Å². The number of hydrogen-bond acceptors (Lipinski definition) is 2. The molecule has 0 bridgehead atoms. The first-order chi connectivity index (χ1) is 9.59. The highest BCUT2D eigenvalue weighted by atomic mass is 16.3. The van der Waals surface area contributed by atoms with E-state index in [1.54, 1.807) is 5.57 Å². The van der Waals surface area contributed by atoms with E-state index < -0.39 is 0 Å². The molecular weight excluding hydrogens is 248 g/mol. The van der Waals surface area contributed by atoms with Crippen LogP contribution in [0.4, 0.5) is 0 Å². The number of fused-ring (bicyclic) bond motifs is 4. The molecule has 0 aromatic carbocycles. The third-order valence-corrected chi connectivity index (χ3v) is 6.93. The van der Waals surface area contributed by atoms with E-state index in [4.69, 9.17) is 0 Å². The van der Waals surface area contributed by atoms with Crippen molar-refractivity contribution in [2.75, 3.05) is 0 Å². The van der Waals surface area contributed by atoms with Gasteiger partial charge in [0.05, 0.1) is 12.2 Å². The summed E-state index contributed by atoms with van der Waals surface area (Å²) in [5, 5.41) is 20.2. The summed E-state index contributed by atoms with van der Waals surface area (Å²) in [5.74, 6) is 2.18. The van der Waals surface area contributed by atoms with Gasteiger partial charge in [-0.1, -0.05) is 24.6 Å². The molecule has 2 saturated carbocycles. The fourth-order valence-electron chi connectivity index (χ4n) is 5.79. The molecule has 2 heteroatoms. The van der Waals surface area contributed by atoms with Crippen molar-refractivity contribution in [1.82, 2.24) is 0 Å². The molecule has 2 nitrogen and oxygen atoms in total. The summed E-state index contributed by atoms with van der Waals surface area (Å²) < 4.78 is 0. The second-order valence-electron chi connectivity index (χ2n) is 7.74. The molecule has 110 valence electrons. The van der Waals surface area contributed by atoms with Crippen LogP contribution < -0.4 is 0 Å². The predicted octanol–water partition coefficient (Wildman–Crippen LogP) is 3.20. The van der Waals surface area contributed by atoms with Crippen LogP contribution >= 0.6 is 0 Å². The number of aliphatic hydroxyl groups excluding tert-OH is 2. The summed E-state index contributed by atoms with van der Waals surface area (Å²) in [7, 11) is 0. The summed E-state index contributed by atoms with van der Waals surface area (Å²) in [5.41, 5.74) is 3.25. The lowest BCUT2D eigenvalue weighted by Gasteiger charge is -2.50. The smallest absolute Gasteiger partial charge is 0.0761 e. The second kappa shape index (κ2) is 4.45. The molecule has 0 amide bonds. The van der Waals surface area contributed by atoms with E-state index in [0.717, 1.165) is 18.8 Å². The zero-order chi connectivity index (χ0) is 13.9. The predicted molar refractivity (Wildman–Crippen MR) is 79.1 cm³/mol. The first kappa shape index (κ1) is 13.1. The molecule has 0 radical (unpaired) electrons. The van der Waals surface area contributed by atoms with E-state index in [9.17, 15) is 10.2 Å². The fourth-order valence-corrected chi connectivity index (χ4v) is 5.79. The molecule has 0 aromatic heterocycles. The van der Waals surface area contributed by atoms with Gasteiger partial charge in [0, 0.05) is 0 Å². The van der Waals surface area contributed by atoms with E-state index in [0.29, 0.717) is 11.8 Å². The molecule has 6 atom stereocenters. The van der Waals surface area contributed by atoms with Crippen LogP contribution in [0.1, 0.15) is 51.9 Å². The maximum atomic E-state index is 10.4. The Bertz CT molecular complexity index is 478. The lowest BCUT2D eigenvalue weighted by atomic mass is 9.55. The monoisotopic (exact) mass is 274 g/mol. The Labute approximate surface area is 121 Å². The van der Waals surface area contributed by atoms with Crippen LogP contribution in [0.3, 0.4) is 0 Å². The van der Waals surface area contributed by atoms with Crippen molar-refractivity contribution in [3.63, 3.8) is 0 Å². The van der Waals surface area contributed by atoms with Crippen LogP contribution in [0.2, 0.25) is 0 Å².